The molecule has 2 aromatic carbocycles. The summed E-state index contributed by atoms with van der Waals surface area (Å²) in [7, 11) is 1.28. The van der Waals surface area contributed by atoms with Crippen molar-refractivity contribution in [1.29, 1.82) is 0 Å². The number of hydrazine groups is 1. The molecule has 1 N–H and O–H groups in total. The van der Waals surface area contributed by atoms with Crippen molar-refractivity contribution in [1.82, 2.24) is 10.4 Å². The Morgan fingerprint density at radius 2 is 1.97 bits per heavy atom. The third-order valence-corrected chi connectivity index (χ3v) is 5.79. The summed E-state index contributed by atoms with van der Waals surface area (Å²) in [6, 6.07) is 13.7. The first-order valence-electron chi connectivity index (χ1n) is 8.52. The van der Waals surface area contributed by atoms with Crippen LogP contribution in [0, 0.1) is 0 Å². The van der Waals surface area contributed by atoms with Crippen LogP contribution in [0.3, 0.4) is 0 Å². The van der Waals surface area contributed by atoms with Gasteiger partial charge in [-0.15, -0.1) is 0 Å². The molecule has 0 spiro atoms. The fraction of sp³-hybridized carbons (Fsp3) is 0.100. The summed E-state index contributed by atoms with van der Waals surface area (Å²) in [5.41, 5.74) is 3.66. The van der Waals surface area contributed by atoms with Crippen molar-refractivity contribution in [2.75, 3.05) is 13.7 Å². The average molecular weight is 507 g/mol. The maximum absolute atomic E-state index is 12.7. The Morgan fingerprint density at radius 3 is 2.63 bits per heavy atom. The molecule has 2 aromatic rings. The summed E-state index contributed by atoms with van der Waals surface area (Å²) in [5.74, 6) is -0.883. The number of hydrogen-bond acceptors (Lipinski definition) is 7. The minimum atomic E-state index is -0.493. The van der Waals surface area contributed by atoms with Crippen LogP contribution in [0.4, 0.5) is 0 Å². The van der Waals surface area contributed by atoms with Crippen molar-refractivity contribution < 1.29 is 23.9 Å². The van der Waals surface area contributed by atoms with Crippen molar-refractivity contribution >= 4 is 68.1 Å². The fourth-order valence-electron chi connectivity index (χ4n) is 2.39. The normalized spacial score (nSPS) is 14.7. The molecular weight excluding hydrogens is 492 g/mol. The SMILES string of the molecule is COC(=O)COc1ccc(/C=C2/SC(=S)N(NC(=O)c3ccccc3)C2=O)cc1Br. The second-order valence-electron chi connectivity index (χ2n) is 5.88. The number of thiocarbonyl (C=S) groups is 1. The smallest absolute Gasteiger partial charge is 0.343 e. The molecule has 0 aliphatic carbocycles. The zero-order valence-electron chi connectivity index (χ0n) is 15.6. The standard InChI is InChI=1S/C20H15BrN2O5S2/c1-27-17(24)11-28-15-8-7-12(9-14(15)21)10-16-19(26)23(20(29)30-16)22-18(25)13-5-3-2-4-6-13/h2-10H,11H2,1H3,(H,22,25)/b16-10+. The van der Waals surface area contributed by atoms with Crippen LogP contribution >= 0.6 is 39.9 Å². The number of ether oxygens (including phenoxy) is 2. The molecule has 0 saturated carbocycles. The summed E-state index contributed by atoms with van der Waals surface area (Å²) >= 11 is 9.70. The van der Waals surface area contributed by atoms with Gasteiger partial charge in [-0.05, 0) is 64.1 Å². The van der Waals surface area contributed by atoms with Gasteiger partial charge in [0.15, 0.2) is 10.9 Å². The molecule has 0 aromatic heterocycles. The zero-order chi connectivity index (χ0) is 21.7. The van der Waals surface area contributed by atoms with E-state index >= 15 is 0 Å². The first kappa shape index (κ1) is 22.0. The van der Waals surface area contributed by atoms with Gasteiger partial charge in [-0.1, -0.05) is 36.0 Å². The first-order valence-corrected chi connectivity index (χ1v) is 10.5. The molecule has 0 atom stereocenters. The van der Waals surface area contributed by atoms with Gasteiger partial charge in [0, 0.05) is 5.56 Å². The minimum Gasteiger partial charge on any atom is -0.481 e. The monoisotopic (exact) mass is 506 g/mol. The van der Waals surface area contributed by atoms with Crippen LogP contribution in [-0.2, 0) is 14.3 Å². The number of nitrogens with one attached hydrogen (secondary N) is 1. The molecule has 0 bridgehead atoms. The van der Waals surface area contributed by atoms with Crippen molar-refractivity contribution in [3.8, 4) is 5.75 Å². The number of amides is 2. The summed E-state index contributed by atoms with van der Waals surface area (Å²) < 4.78 is 10.7. The number of nitrogens with zero attached hydrogens (tertiary/aromatic N) is 1. The topological polar surface area (TPSA) is 84.9 Å². The summed E-state index contributed by atoms with van der Waals surface area (Å²) in [5, 5.41) is 1.06. The van der Waals surface area contributed by atoms with E-state index < -0.39 is 17.8 Å². The van der Waals surface area contributed by atoms with Crippen LogP contribution in [0.5, 0.6) is 5.75 Å². The van der Waals surface area contributed by atoms with Crippen LogP contribution in [-0.4, -0.2) is 40.8 Å². The Hall–Kier alpha value is -2.69. The van der Waals surface area contributed by atoms with E-state index in [0.717, 1.165) is 16.8 Å². The second-order valence-corrected chi connectivity index (χ2v) is 8.41. The third-order valence-electron chi connectivity index (χ3n) is 3.87. The van der Waals surface area contributed by atoms with Crippen LogP contribution < -0.4 is 10.2 Å². The van der Waals surface area contributed by atoms with Crippen LogP contribution in [0.2, 0.25) is 0 Å². The number of carbonyl (C=O) groups excluding carboxylic acids is 3. The highest BCUT2D eigenvalue weighted by Crippen LogP contribution is 2.33. The molecule has 154 valence electrons. The lowest BCUT2D eigenvalue weighted by atomic mass is 10.2. The number of halogens is 1. The molecule has 0 radical (unpaired) electrons. The summed E-state index contributed by atoms with van der Waals surface area (Å²) in [6.45, 7) is -0.214. The molecule has 1 aliphatic heterocycles. The fourth-order valence-corrected chi connectivity index (χ4v) is 4.08. The lowest BCUT2D eigenvalue weighted by Gasteiger charge is -2.15. The Balaban J connectivity index is 1.71. The number of thioether (sulfide) groups is 1. The minimum absolute atomic E-state index is 0.214. The molecule has 0 unspecified atom stereocenters. The number of esters is 1. The van der Waals surface area contributed by atoms with Crippen LogP contribution in [0.1, 0.15) is 15.9 Å². The Bertz CT molecular complexity index is 1040. The van der Waals surface area contributed by atoms with Gasteiger partial charge in [-0.2, -0.15) is 5.01 Å². The predicted octanol–water partition coefficient (Wildman–Crippen LogP) is 3.55. The van der Waals surface area contributed by atoms with Crippen molar-refractivity contribution in [2.45, 2.75) is 0 Å². The highest BCUT2D eigenvalue weighted by Gasteiger charge is 2.33. The lowest BCUT2D eigenvalue weighted by Crippen LogP contribution is -2.44. The zero-order valence-corrected chi connectivity index (χ0v) is 18.8. The molecular formula is C20H15BrN2O5S2. The molecule has 10 heteroatoms. The number of carbonyl (C=O) groups is 3. The van der Waals surface area contributed by atoms with Gasteiger partial charge in [-0.3, -0.25) is 15.0 Å². The Labute approximate surface area is 190 Å². The van der Waals surface area contributed by atoms with E-state index in [-0.39, 0.29) is 10.9 Å². The molecule has 1 aliphatic rings. The van der Waals surface area contributed by atoms with E-state index in [1.165, 1.54) is 7.11 Å². The number of hydrogen-bond donors (Lipinski definition) is 1. The summed E-state index contributed by atoms with van der Waals surface area (Å²) in [4.78, 5) is 36.6. The lowest BCUT2D eigenvalue weighted by molar-refractivity contribution is -0.142. The second kappa shape index (κ2) is 9.88. The van der Waals surface area contributed by atoms with Gasteiger partial charge in [0.25, 0.3) is 11.8 Å². The quantitative estimate of drug-likeness (QED) is 0.364. The van der Waals surface area contributed by atoms with Gasteiger partial charge in [0.2, 0.25) is 0 Å². The first-order chi connectivity index (χ1) is 14.4. The van der Waals surface area contributed by atoms with Crippen LogP contribution in [0.15, 0.2) is 57.9 Å². The molecule has 3 rings (SSSR count). The molecule has 1 fully saturated rings. The van der Waals surface area contributed by atoms with Crippen molar-refractivity contribution in [3.05, 3.63) is 69.0 Å². The van der Waals surface area contributed by atoms with E-state index in [2.05, 4.69) is 26.1 Å². The summed E-state index contributed by atoms with van der Waals surface area (Å²) in [6.07, 6.45) is 1.66. The van der Waals surface area contributed by atoms with Gasteiger partial charge in [-0.25, -0.2) is 4.79 Å². The number of methoxy groups -OCH3 is 1. The molecule has 30 heavy (non-hydrogen) atoms. The average Bonchev–Trinajstić information content (AvgIpc) is 3.00. The number of benzene rings is 2. The highest BCUT2D eigenvalue weighted by molar-refractivity contribution is 9.10. The molecule has 1 heterocycles. The third kappa shape index (κ3) is 5.26. The highest BCUT2D eigenvalue weighted by atomic mass is 79.9. The molecule has 2 amide bonds. The number of rotatable bonds is 6. The van der Waals surface area contributed by atoms with Gasteiger partial charge >= 0.3 is 5.97 Å². The van der Waals surface area contributed by atoms with E-state index in [1.54, 1.807) is 54.6 Å². The predicted molar refractivity (Wildman–Crippen MR) is 121 cm³/mol. The van der Waals surface area contributed by atoms with Crippen molar-refractivity contribution in [3.63, 3.8) is 0 Å². The van der Waals surface area contributed by atoms with Gasteiger partial charge in [0.1, 0.15) is 5.75 Å². The van der Waals surface area contributed by atoms with Gasteiger partial charge in [0.05, 0.1) is 16.5 Å². The van der Waals surface area contributed by atoms with E-state index in [1.807, 2.05) is 0 Å². The Kier molecular flexibility index (Phi) is 7.24. The molecule has 7 nitrogen and oxygen atoms in total. The largest absolute Gasteiger partial charge is 0.481 e. The van der Waals surface area contributed by atoms with Gasteiger partial charge < -0.3 is 9.47 Å². The maximum Gasteiger partial charge on any atom is 0.343 e. The maximum atomic E-state index is 12.7. The van der Waals surface area contributed by atoms with E-state index in [4.69, 9.17) is 17.0 Å². The van der Waals surface area contributed by atoms with E-state index in [9.17, 15) is 14.4 Å². The van der Waals surface area contributed by atoms with E-state index in [0.29, 0.717) is 26.3 Å². The van der Waals surface area contributed by atoms with Crippen molar-refractivity contribution in [2.24, 2.45) is 0 Å². The molecule has 1 saturated heterocycles. The Morgan fingerprint density at radius 1 is 1.23 bits per heavy atom. The van der Waals surface area contributed by atoms with Crippen LogP contribution in [0.25, 0.3) is 6.08 Å².